The monoisotopic (exact) mass is 208 g/mol. The van der Waals surface area contributed by atoms with Crippen molar-refractivity contribution in [1.29, 1.82) is 0 Å². The Bertz CT molecular complexity index is 371. The minimum Gasteiger partial charge on any atom is -0.481 e. The van der Waals surface area contributed by atoms with Crippen molar-refractivity contribution in [3.05, 3.63) is 23.5 Å². The summed E-state index contributed by atoms with van der Waals surface area (Å²) < 4.78 is 2.12. The van der Waals surface area contributed by atoms with Crippen LogP contribution in [0.2, 0.25) is 0 Å². The highest BCUT2D eigenvalue weighted by Crippen LogP contribution is 2.24. The van der Waals surface area contributed by atoms with E-state index in [1.54, 1.807) is 0 Å². The van der Waals surface area contributed by atoms with E-state index in [9.17, 15) is 4.79 Å². The zero-order chi connectivity index (χ0) is 10.8. The lowest BCUT2D eigenvalue weighted by atomic mass is 10.1. The maximum Gasteiger partial charge on any atom is 0.313 e. The second-order valence-corrected chi connectivity index (χ2v) is 3.98. The van der Waals surface area contributed by atoms with E-state index in [1.807, 2.05) is 12.1 Å². The van der Waals surface area contributed by atoms with E-state index in [0.29, 0.717) is 0 Å². The molecular formula is C11H16N2O2. The van der Waals surface area contributed by atoms with Crippen LogP contribution in [0.4, 0.5) is 0 Å². The zero-order valence-corrected chi connectivity index (χ0v) is 8.65. The van der Waals surface area contributed by atoms with Crippen molar-refractivity contribution in [2.24, 2.45) is 5.73 Å². The number of carboxylic acids is 1. The van der Waals surface area contributed by atoms with E-state index < -0.39 is 11.9 Å². The number of aliphatic carboxylic acids is 1. The maximum atomic E-state index is 11.0. The van der Waals surface area contributed by atoms with E-state index in [4.69, 9.17) is 10.8 Å². The van der Waals surface area contributed by atoms with Crippen molar-refractivity contribution >= 4 is 5.97 Å². The van der Waals surface area contributed by atoms with Crippen molar-refractivity contribution < 1.29 is 9.90 Å². The average Bonchev–Trinajstić information content (AvgIpc) is 2.63. The molecule has 82 valence electrons. The smallest absolute Gasteiger partial charge is 0.313 e. The van der Waals surface area contributed by atoms with Gasteiger partial charge in [-0.05, 0) is 31.4 Å². The lowest BCUT2D eigenvalue weighted by molar-refractivity contribution is -0.138. The van der Waals surface area contributed by atoms with Gasteiger partial charge >= 0.3 is 5.97 Å². The SMILES string of the molecule is NCC(C(=O)O)c1ccc2n1CCCC2. The molecule has 4 nitrogen and oxygen atoms in total. The fraction of sp³-hybridized carbons (Fsp3) is 0.545. The first kappa shape index (κ1) is 10.2. The quantitative estimate of drug-likeness (QED) is 0.777. The summed E-state index contributed by atoms with van der Waals surface area (Å²) in [6.07, 6.45) is 3.38. The molecule has 1 aromatic rings. The molecule has 2 heterocycles. The summed E-state index contributed by atoms with van der Waals surface area (Å²) in [5.74, 6) is -1.39. The van der Waals surface area contributed by atoms with Crippen molar-refractivity contribution in [2.75, 3.05) is 6.54 Å². The highest BCUT2D eigenvalue weighted by Gasteiger charge is 2.23. The average molecular weight is 208 g/mol. The van der Waals surface area contributed by atoms with Gasteiger partial charge in [-0.25, -0.2) is 0 Å². The molecule has 0 bridgehead atoms. The van der Waals surface area contributed by atoms with Crippen LogP contribution in [0.1, 0.15) is 30.1 Å². The molecule has 0 aliphatic carbocycles. The molecule has 0 fully saturated rings. The summed E-state index contributed by atoms with van der Waals surface area (Å²) in [5.41, 5.74) is 7.61. The molecule has 1 atom stereocenters. The van der Waals surface area contributed by atoms with Crippen LogP contribution >= 0.6 is 0 Å². The van der Waals surface area contributed by atoms with Gasteiger partial charge in [0.1, 0.15) is 5.92 Å². The number of carbonyl (C=O) groups is 1. The highest BCUT2D eigenvalue weighted by molar-refractivity contribution is 5.76. The summed E-state index contributed by atoms with van der Waals surface area (Å²) in [4.78, 5) is 11.0. The van der Waals surface area contributed by atoms with Crippen LogP contribution in [0.3, 0.4) is 0 Å². The van der Waals surface area contributed by atoms with Crippen molar-refractivity contribution in [2.45, 2.75) is 31.7 Å². The van der Waals surface area contributed by atoms with Crippen LogP contribution < -0.4 is 5.73 Å². The van der Waals surface area contributed by atoms with Crippen molar-refractivity contribution in [3.63, 3.8) is 0 Å². The summed E-state index contributed by atoms with van der Waals surface area (Å²) in [6, 6.07) is 3.94. The minimum atomic E-state index is -0.830. The Morgan fingerprint density at radius 3 is 3.00 bits per heavy atom. The van der Waals surface area contributed by atoms with Crippen LogP contribution in [0.25, 0.3) is 0 Å². The first-order valence-corrected chi connectivity index (χ1v) is 5.35. The summed E-state index contributed by atoms with van der Waals surface area (Å²) in [5, 5.41) is 9.05. The maximum absolute atomic E-state index is 11.0. The number of aromatic nitrogens is 1. The third-order valence-corrected chi connectivity index (χ3v) is 3.06. The Kier molecular flexibility index (Phi) is 2.77. The first-order valence-electron chi connectivity index (χ1n) is 5.35. The second kappa shape index (κ2) is 4.06. The molecule has 15 heavy (non-hydrogen) atoms. The Balaban J connectivity index is 2.35. The molecule has 0 aromatic carbocycles. The van der Waals surface area contributed by atoms with Gasteiger partial charge in [0.25, 0.3) is 0 Å². The number of hydrogen-bond acceptors (Lipinski definition) is 2. The Hall–Kier alpha value is -1.29. The molecule has 1 aromatic heterocycles. The third-order valence-electron chi connectivity index (χ3n) is 3.06. The van der Waals surface area contributed by atoms with Gasteiger partial charge in [0.05, 0.1) is 0 Å². The number of aryl methyl sites for hydroxylation is 1. The van der Waals surface area contributed by atoms with Gasteiger partial charge in [0.2, 0.25) is 0 Å². The molecule has 0 saturated carbocycles. The van der Waals surface area contributed by atoms with E-state index in [2.05, 4.69) is 4.57 Å². The van der Waals surface area contributed by atoms with Crippen LogP contribution in [0, 0.1) is 0 Å². The van der Waals surface area contributed by atoms with Gasteiger partial charge in [-0.15, -0.1) is 0 Å². The predicted molar refractivity (Wildman–Crippen MR) is 56.8 cm³/mol. The molecule has 2 rings (SSSR count). The van der Waals surface area contributed by atoms with E-state index in [1.165, 1.54) is 12.1 Å². The van der Waals surface area contributed by atoms with Crippen molar-refractivity contribution in [3.8, 4) is 0 Å². The third kappa shape index (κ3) is 1.77. The van der Waals surface area contributed by atoms with Crippen LogP contribution in [0.15, 0.2) is 12.1 Å². The molecule has 0 spiro atoms. The van der Waals surface area contributed by atoms with Gasteiger partial charge in [-0.2, -0.15) is 0 Å². The normalized spacial score (nSPS) is 17.1. The number of carboxylic acid groups (broad SMARTS) is 1. The molecule has 1 aliphatic heterocycles. The lowest BCUT2D eigenvalue weighted by Crippen LogP contribution is -2.25. The van der Waals surface area contributed by atoms with Gasteiger partial charge < -0.3 is 15.4 Å². The van der Waals surface area contributed by atoms with Gasteiger partial charge in [-0.1, -0.05) is 0 Å². The van der Waals surface area contributed by atoms with Gasteiger partial charge in [0, 0.05) is 24.5 Å². The standard InChI is InChI=1S/C11H16N2O2/c12-7-9(11(14)15)10-5-4-8-3-1-2-6-13(8)10/h4-5,9H,1-3,6-7,12H2,(H,14,15). The zero-order valence-electron chi connectivity index (χ0n) is 8.65. The molecule has 0 amide bonds. The Morgan fingerprint density at radius 1 is 1.53 bits per heavy atom. The number of nitrogens with two attached hydrogens (primary N) is 1. The summed E-state index contributed by atoms with van der Waals surface area (Å²) in [7, 11) is 0. The van der Waals surface area contributed by atoms with Gasteiger partial charge in [0.15, 0.2) is 0 Å². The number of rotatable bonds is 3. The molecule has 1 unspecified atom stereocenters. The van der Waals surface area contributed by atoms with E-state index >= 15 is 0 Å². The lowest BCUT2D eigenvalue weighted by Gasteiger charge is -2.20. The molecule has 0 radical (unpaired) electrons. The summed E-state index contributed by atoms with van der Waals surface area (Å²) in [6.45, 7) is 1.10. The van der Waals surface area contributed by atoms with E-state index in [-0.39, 0.29) is 6.54 Å². The second-order valence-electron chi connectivity index (χ2n) is 3.98. The summed E-state index contributed by atoms with van der Waals surface area (Å²) >= 11 is 0. The van der Waals surface area contributed by atoms with Crippen LogP contribution in [0.5, 0.6) is 0 Å². The first-order chi connectivity index (χ1) is 7.24. The van der Waals surface area contributed by atoms with Crippen LogP contribution in [-0.2, 0) is 17.8 Å². The Morgan fingerprint density at radius 2 is 2.33 bits per heavy atom. The molecule has 3 N–H and O–H groups in total. The number of fused-ring (bicyclic) bond motifs is 1. The largest absolute Gasteiger partial charge is 0.481 e. The molecule has 4 heteroatoms. The van der Waals surface area contributed by atoms with Crippen molar-refractivity contribution in [1.82, 2.24) is 4.57 Å². The highest BCUT2D eigenvalue weighted by atomic mass is 16.4. The van der Waals surface area contributed by atoms with E-state index in [0.717, 1.165) is 25.1 Å². The fourth-order valence-corrected chi connectivity index (χ4v) is 2.25. The van der Waals surface area contributed by atoms with Gasteiger partial charge in [-0.3, -0.25) is 4.79 Å². The number of nitrogens with zero attached hydrogens (tertiary/aromatic N) is 1. The minimum absolute atomic E-state index is 0.165. The molecular weight excluding hydrogens is 192 g/mol. The Labute approximate surface area is 88.7 Å². The topological polar surface area (TPSA) is 68.2 Å². The van der Waals surface area contributed by atoms with Crippen LogP contribution in [-0.4, -0.2) is 22.2 Å². The predicted octanol–water partition coefficient (Wildman–Crippen LogP) is 0.951. The molecule has 0 saturated heterocycles. The fourth-order valence-electron chi connectivity index (χ4n) is 2.25. The number of hydrogen-bond donors (Lipinski definition) is 2. The molecule has 1 aliphatic rings.